The molecule has 5 heteroatoms. The number of carbonyl (C=O) groups is 1. The first-order chi connectivity index (χ1) is 11.5. The number of carbonyl (C=O) groups excluding carboxylic acids is 1. The fourth-order valence-corrected chi connectivity index (χ4v) is 3.43. The van der Waals surface area contributed by atoms with Crippen molar-refractivity contribution in [3.63, 3.8) is 0 Å². The molecule has 2 heterocycles. The Hall–Kier alpha value is -1.43. The van der Waals surface area contributed by atoms with Crippen LogP contribution in [0.15, 0.2) is 24.3 Å². The van der Waals surface area contributed by atoms with Gasteiger partial charge in [0.25, 0.3) is 5.91 Å². The van der Waals surface area contributed by atoms with E-state index >= 15 is 0 Å². The van der Waals surface area contributed by atoms with E-state index in [2.05, 4.69) is 29.0 Å². The van der Waals surface area contributed by atoms with Crippen LogP contribution in [-0.4, -0.2) is 78.1 Å². The Bertz CT molecular complexity index is 552. The first kappa shape index (κ1) is 17.4. The second-order valence-corrected chi connectivity index (χ2v) is 7.36. The van der Waals surface area contributed by atoms with Crippen molar-refractivity contribution in [2.24, 2.45) is 5.92 Å². The number of aliphatic hydroxyl groups excluding tert-OH is 1. The molecule has 1 N–H and O–H groups in total. The first-order valence-corrected chi connectivity index (χ1v) is 9.00. The Balaban J connectivity index is 1.57. The van der Waals surface area contributed by atoms with Gasteiger partial charge in [-0.3, -0.25) is 9.69 Å². The lowest BCUT2D eigenvalue weighted by atomic mass is 9.95. The molecule has 3 rings (SSSR count). The van der Waals surface area contributed by atoms with E-state index < -0.39 is 6.10 Å². The number of likely N-dealkylation sites (tertiary alicyclic amines) is 1. The number of rotatable bonds is 3. The molecule has 2 unspecified atom stereocenters. The number of piperazine rings is 1. The number of likely N-dealkylation sites (N-methyl/N-ethyl adjacent to an activating group) is 1. The van der Waals surface area contributed by atoms with Crippen LogP contribution in [-0.2, 0) is 6.54 Å². The zero-order valence-corrected chi connectivity index (χ0v) is 14.8. The van der Waals surface area contributed by atoms with E-state index in [4.69, 9.17) is 0 Å². The Kier molecular flexibility index (Phi) is 5.54. The first-order valence-electron chi connectivity index (χ1n) is 9.00. The number of nitrogens with zero attached hydrogens (tertiary/aromatic N) is 3. The third kappa shape index (κ3) is 4.15. The minimum atomic E-state index is -0.404. The van der Waals surface area contributed by atoms with Gasteiger partial charge in [0.2, 0.25) is 0 Å². The Morgan fingerprint density at radius 1 is 1.12 bits per heavy atom. The number of hydrogen-bond acceptors (Lipinski definition) is 4. The van der Waals surface area contributed by atoms with Crippen molar-refractivity contribution in [2.45, 2.75) is 26.0 Å². The predicted octanol–water partition coefficient (Wildman–Crippen LogP) is 1.28. The molecule has 132 valence electrons. The van der Waals surface area contributed by atoms with Crippen molar-refractivity contribution in [1.82, 2.24) is 14.7 Å². The van der Waals surface area contributed by atoms with Crippen molar-refractivity contribution in [1.29, 1.82) is 0 Å². The molecule has 0 aliphatic carbocycles. The average molecular weight is 331 g/mol. The molecule has 2 aliphatic rings. The summed E-state index contributed by atoms with van der Waals surface area (Å²) >= 11 is 0. The summed E-state index contributed by atoms with van der Waals surface area (Å²) in [4.78, 5) is 19.2. The van der Waals surface area contributed by atoms with E-state index in [1.165, 1.54) is 5.56 Å². The van der Waals surface area contributed by atoms with E-state index in [9.17, 15) is 9.90 Å². The van der Waals surface area contributed by atoms with Gasteiger partial charge < -0.3 is 14.9 Å². The van der Waals surface area contributed by atoms with Crippen LogP contribution in [0.25, 0.3) is 0 Å². The Labute approximate surface area is 144 Å². The van der Waals surface area contributed by atoms with Gasteiger partial charge >= 0.3 is 0 Å². The van der Waals surface area contributed by atoms with Crippen molar-refractivity contribution in [3.8, 4) is 0 Å². The Morgan fingerprint density at radius 3 is 2.42 bits per heavy atom. The molecular weight excluding hydrogens is 302 g/mol. The zero-order valence-electron chi connectivity index (χ0n) is 14.8. The van der Waals surface area contributed by atoms with Crippen molar-refractivity contribution in [3.05, 3.63) is 35.4 Å². The quantitative estimate of drug-likeness (QED) is 0.906. The van der Waals surface area contributed by atoms with Crippen molar-refractivity contribution in [2.75, 3.05) is 46.3 Å². The van der Waals surface area contributed by atoms with Crippen LogP contribution in [0.4, 0.5) is 0 Å². The van der Waals surface area contributed by atoms with Gasteiger partial charge in [-0.2, -0.15) is 0 Å². The molecule has 2 atom stereocenters. The van der Waals surface area contributed by atoms with E-state index in [-0.39, 0.29) is 11.8 Å². The summed E-state index contributed by atoms with van der Waals surface area (Å²) < 4.78 is 0. The summed E-state index contributed by atoms with van der Waals surface area (Å²) in [7, 11) is 2.16. The topological polar surface area (TPSA) is 47.0 Å². The summed E-state index contributed by atoms with van der Waals surface area (Å²) in [5, 5.41) is 9.99. The van der Waals surface area contributed by atoms with Gasteiger partial charge in [0.15, 0.2) is 0 Å². The maximum Gasteiger partial charge on any atom is 0.253 e. The molecule has 2 fully saturated rings. The summed E-state index contributed by atoms with van der Waals surface area (Å²) in [6, 6.07) is 7.99. The summed E-state index contributed by atoms with van der Waals surface area (Å²) in [5.74, 6) is 0.312. The van der Waals surface area contributed by atoms with Crippen LogP contribution in [0.5, 0.6) is 0 Å². The molecule has 0 radical (unpaired) electrons. The number of β-amino-alcohol motifs (C(OH)–C–C–N with tert-alkyl or cyclic N) is 1. The third-order valence-electron chi connectivity index (χ3n) is 5.41. The molecule has 2 saturated heterocycles. The second-order valence-electron chi connectivity index (χ2n) is 7.36. The third-order valence-corrected chi connectivity index (χ3v) is 5.41. The van der Waals surface area contributed by atoms with Crippen molar-refractivity contribution >= 4 is 5.91 Å². The molecule has 0 saturated carbocycles. The number of amides is 1. The zero-order chi connectivity index (χ0) is 17.1. The highest BCUT2D eigenvalue weighted by Crippen LogP contribution is 2.19. The van der Waals surface area contributed by atoms with Crippen LogP contribution >= 0.6 is 0 Å². The lowest BCUT2D eigenvalue weighted by Gasteiger charge is -2.34. The SMILES string of the molecule is CC1CCN(C(=O)c2ccc(CN3CCN(C)CC3)cc2)CC1O. The largest absolute Gasteiger partial charge is 0.391 e. The summed E-state index contributed by atoms with van der Waals surface area (Å²) in [6.07, 6.45) is 0.466. The normalized spacial score (nSPS) is 26.5. The van der Waals surface area contributed by atoms with Gasteiger partial charge in [-0.25, -0.2) is 0 Å². The smallest absolute Gasteiger partial charge is 0.253 e. The van der Waals surface area contributed by atoms with Gasteiger partial charge in [0, 0.05) is 51.4 Å². The molecule has 0 spiro atoms. The van der Waals surface area contributed by atoms with Gasteiger partial charge in [-0.1, -0.05) is 19.1 Å². The molecular formula is C19H29N3O2. The highest BCUT2D eigenvalue weighted by Gasteiger charge is 2.27. The van der Waals surface area contributed by atoms with E-state index in [0.29, 0.717) is 6.54 Å². The second kappa shape index (κ2) is 7.64. The molecule has 0 aromatic heterocycles. The molecule has 2 aliphatic heterocycles. The Morgan fingerprint density at radius 2 is 1.79 bits per heavy atom. The van der Waals surface area contributed by atoms with Gasteiger partial charge in [-0.15, -0.1) is 0 Å². The maximum absolute atomic E-state index is 12.6. The summed E-state index contributed by atoms with van der Waals surface area (Å²) in [6.45, 7) is 8.60. The number of piperidine rings is 1. The molecule has 1 amide bonds. The van der Waals surface area contributed by atoms with Crippen molar-refractivity contribution < 1.29 is 9.90 Å². The van der Waals surface area contributed by atoms with Crippen LogP contribution in [0, 0.1) is 5.92 Å². The maximum atomic E-state index is 12.6. The number of hydrogen-bond donors (Lipinski definition) is 1. The fourth-order valence-electron chi connectivity index (χ4n) is 3.43. The summed E-state index contributed by atoms with van der Waals surface area (Å²) in [5.41, 5.74) is 1.97. The van der Waals surface area contributed by atoms with E-state index in [1.807, 2.05) is 19.1 Å². The molecule has 0 bridgehead atoms. The lowest BCUT2D eigenvalue weighted by Crippen LogP contribution is -2.45. The lowest BCUT2D eigenvalue weighted by molar-refractivity contribution is 0.0248. The minimum absolute atomic E-state index is 0.0343. The van der Waals surface area contributed by atoms with Crippen LogP contribution < -0.4 is 0 Å². The van der Waals surface area contributed by atoms with Gasteiger partial charge in [0.05, 0.1) is 6.10 Å². The highest BCUT2D eigenvalue weighted by atomic mass is 16.3. The van der Waals surface area contributed by atoms with E-state index in [0.717, 1.165) is 51.3 Å². The minimum Gasteiger partial charge on any atom is -0.391 e. The number of benzene rings is 1. The van der Waals surface area contributed by atoms with Gasteiger partial charge in [-0.05, 0) is 37.1 Å². The fraction of sp³-hybridized carbons (Fsp3) is 0.632. The van der Waals surface area contributed by atoms with E-state index in [1.54, 1.807) is 4.90 Å². The van der Waals surface area contributed by atoms with Gasteiger partial charge in [0.1, 0.15) is 0 Å². The molecule has 1 aromatic carbocycles. The number of aliphatic hydroxyl groups is 1. The molecule has 5 nitrogen and oxygen atoms in total. The monoisotopic (exact) mass is 331 g/mol. The average Bonchev–Trinajstić information content (AvgIpc) is 2.59. The molecule has 1 aromatic rings. The highest BCUT2D eigenvalue weighted by molar-refractivity contribution is 5.94. The van der Waals surface area contributed by atoms with Crippen LogP contribution in [0.1, 0.15) is 29.3 Å². The predicted molar refractivity (Wildman–Crippen MR) is 94.9 cm³/mol. The molecule has 24 heavy (non-hydrogen) atoms. The van der Waals surface area contributed by atoms with Crippen LogP contribution in [0.2, 0.25) is 0 Å². The van der Waals surface area contributed by atoms with Crippen LogP contribution in [0.3, 0.4) is 0 Å². The standard InChI is InChI=1S/C19H29N3O2/c1-15-7-8-22(14-18(15)23)19(24)17-5-3-16(4-6-17)13-21-11-9-20(2)10-12-21/h3-6,15,18,23H,7-14H2,1-2H3.